The summed E-state index contributed by atoms with van der Waals surface area (Å²) in [4.78, 5) is 21.5. The summed E-state index contributed by atoms with van der Waals surface area (Å²) in [6.45, 7) is 5.88. The van der Waals surface area contributed by atoms with Crippen molar-refractivity contribution in [2.24, 2.45) is 0 Å². The van der Waals surface area contributed by atoms with E-state index in [0.29, 0.717) is 6.42 Å². The smallest absolute Gasteiger partial charge is 0.128 e. The molecule has 2 heterocycles. The Labute approximate surface area is 113 Å². The van der Waals surface area contributed by atoms with Crippen molar-refractivity contribution in [1.29, 1.82) is 0 Å². The van der Waals surface area contributed by atoms with Crippen LogP contribution in [0.25, 0.3) is 10.2 Å². The number of aryl methyl sites for hydroxylation is 2. The van der Waals surface area contributed by atoms with Crippen LogP contribution in [0.1, 0.15) is 23.8 Å². The quantitative estimate of drug-likeness (QED) is 0.633. The zero-order valence-corrected chi connectivity index (χ0v) is 12.0. The van der Waals surface area contributed by atoms with Gasteiger partial charge in [-0.25, -0.2) is 9.97 Å². The first-order valence-electron chi connectivity index (χ1n) is 5.62. The Bertz CT molecular complexity index is 595. The van der Waals surface area contributed by atoms with Crippen LogP contribution in [0.2, 0.25) is 0 Å². The van der Waals surface area contributed by atoms with Crippen LogP contribution >= 0.6 is 23.1 Å². The highest BCUT2D eigenvalue weighted by Gasteiger charge is 2.16. The van der Waals surface area contributed by atoms with Crippen LogP contribution in [0.3, 0.4) is 0 Å². The standard InChI is InChI=1S/C12H14N2O2S2/c1-4-8(12(15)16)18-11-9-6(2)7(3)17-10(9)13-5-14-11/h5,8H,4H2,1-3H3,(H,15,16)/p-1/t8-/m0/s1. The Balaban J connectivity index is 2.47. The SMILES string of the molecule is CC[C@H](Sc1ncnc2sc(C)c(C)c12)C(=O)[O-]. The molecule has 0 aliphatic carbocycles. The molecule has 2 aromatic rings. The molecule has 0 bridgehead atoms. The first kappa shape index (κ1) is 13.3. The number of carbonyl (C=O) groups excluding carboxylic acids is 1. The molecule has 0 aromatic carbocycles. The third-order valence-corrected chi connectivity index (χ3v) is 5.28. The van der Waals surface area contributed by atoms with Gasteiger partial charge in [0.2, 0.25) is 0 Å². The van der Waals surface area contributed by atoms with Gasteiger partial charge >= 0.3 is 0 Å². The van der Waals surface area contributed by atoms with E-state index in [1.54, 1.807) is 11.3 Å². The molecule has 96 valence electrons. The number of aromatic nitrogens is 2. The number of thioether (sulfide) groups is 1. The van der Waals surface area contributed by atoms with Crippen LogP contribution in [0.15, 0.2) is 11.4 Å². The van der Waals surface area contributed by atoms with Gasteiger partial charge in [-0.05, 0) is 25.8 Å². The number of carboxylic acid groups (broad SMARTS) is 1. The summed E-state index contributed by atoms with van der Waals surface area (Å²) >= 11 is 2.86. The molecular formula is C12H13N2O2S2-. The van der Waals surface area contributed by atoms with Crippen molar-refractivity contribution in [3.63, 3.8) is 0 Å². The van der Waals surface area contributed by atoms with Gasteiger partial charge in [-0.2, -0.15) is 0 Å². The zero-order chi connectivity index (χ0) is 13.3. The summed E-state index contributed by atoms with van der Waals surface area (Å²) in [5.74, 6) is -1.04. The Morgan fingerprint density at radius 2 is 2.22 bits per heavy atom. The summed E-state index contributed by atoms with van der Waals surface area (Å²) in [5.41, 5.74) is 1.13. The van der Waals surface area contributed by atoms with Gasteiger partial charge in [-0.15, -0.1) is 11.3 Å². The van der Waals surface area contributed by atoms with Crippen molar-refractivity contribution in [2.45, 2.75) is 37.5 Å². The maximum Gasteiger partial charge on any atom is 0.128 e. The molecule has 0 unspecified atom stereocenters. The molecule has 0 radical (unpaired) electrons. The summed E-state index contributed by atoms with van der Waals surface area (Å²) in [7, 11) is 0. The van der Waals surface area contributed by atoms with E-state index in [4.69, 9.17) is 0 Å². The fourth-order valence-electron chi connectivity index (χ4n) is 1.67. The second kappa shape index (κ2) is 5.24. The van der Waals surface area contributed by atoms with Gasteiger partial charge < -0.3 is 9.90 Å². The molecule has 0 saturated heterocycles. The van der Waals surface area contributed by atoms with Crippen LogP contribution < -0.4 is 5.11 Å². The zero-order valence-electron chi connectivity index (χ0n) is 10.4. The number of hydrogen-bond donors (Lipinski definition) is 0. The van der Waals surface area contributed by atoms with E-state index in [2.05, 4.69) is 9.97 Å². The lowest BCUT2D eigenvalue weighted by atomic mass is 10.2. The second-order valence-electron chi connectivity index (χ2n) is 3.98. The molecule has 0 fully saturated rings. The lowest BCUT2D eigenvalue weighted by Gasteiger charge is -2.15. The van der Waals surface area contributed by atoms with Gasteiger partial charge in [0.15, 0.2) is 0 Å². The van der Waals surface area contributed by atoms with Crippen LogP contribution in [0.4, 0.5) is 0 Å². The molecule has 6 heteroatoms. The lowest BCUT2D eigenvalue weighted by Crippen LogP contribution is -2.33. The average molecular weight is 281 g/mol. The van der Waals surface area contributed by atoms with Crippen LogP contribution in [-0.2, 0) is 4.79 Å². The minimum Gasteiger partial charge on any atom is -0.549 e. The molecule has 1 atom stereocenters. The number of nitrogens with zero attached hydrogens (tertiary/aromatic N) is 2. The van der Waals surface area contributed by atoms with Crippen molar-refractivity contribution in [3.05, 3.63) is 16.8 Å². The number of hydrogen-bond acceptors (Lipinski definition) is 6. The molecule has 0 spiro atoms. The molecular weight excluding hydrogens is 268 g/mol. The molecule has 2 rings (SSSR count). The van der Waals surface area contributed by atoms with Gasteiger partial charge in [0.1, 0.15) is 16.2 Å². The maximum absolute atomic E-state index is 11.0. The predicted molar refractivity (Wildman–Crippen MR) is 71.8 cm³/mol. The Hall–Kier alpha value is -1.14. The Kier molecular flexibility index (Phi) is 3.87. The molecule has 0 amide bonds. The maximum atomic E-state index is 11.0. The van der Waals surface area contributed by atoms with Crippen LogP contribution in [-0.4, -0.2) is 21.2 Å². The third kappa shape index (κ3) is 2.35. The highest BCUT2D eigenvalue weighted by molar-refractivity contribution is 8.00. The molecule has 2 aromatic heterocycles. The number of aliphatic carboxylic acids is 1. The number of rotatable bonds is 4. The molecule has 0 aliphatic heterocycles. The van der Waals surface area contributed by atoms with Gasteiger partial charge in [0.05, 0.1) is 11.2 Å². The van der Waals surface area contributed by atoms with Crippen molar-refractivity contribution >= 4 is 39.3 Å². The molecule has 18 heavy (non-hydrogen) atoms. The van der Waals surface area contributed by atoms with Crippen molar-refractivity contribution in [2.75, 3.05) is 0 Å². The first-order valence-corrected chi connectivity index (χ1v) is 7.32. The van der Waals surface area contributed by atoms with Gasteiger partial charge in [0, 0.05) is 10.3 Å². The number of thiophene rings is 1. The normalized spacial score (nSPS) is 12.8. The highest BCUT2D eigenvalue weighted by atomic mass is 32.2. The van der Waals surface area contributed by atoms with E-state index >= 15 is 0 Å². The van der Waals surface area contributed by atoms with Crippen LogP contribution in [0, 0.1) is 13.8 Å². The van der Waals surface area contributed by atoms with Gasteiger partial charge in [0.25, 0.3) is 0 Å². The van der Waals surface area contributed by atoms with E-state index in [9.17, 15) is 9.90 Å². The monoisotopic (exact) mass is 281 g/mol. The fourth-order valence-corrected chi connectivity index (χ4v) is 3.74. The highest BCUT2D eigenvalue weighted by Crippen LogP contribution is 2.36. The molecule has 0 saturated carbocycles. The molecule has 0 aliphatic rings. The van der Waals surface area contributed by atoms with Crippen molar-refractivity contribution < 1.29 is 9.90 Å². The average Bonchev–Trinajstić information content (AvgIpc) is 2.62. The van der Waals surface area contributed by atoms with Crippen molar-refractivity contribution in [1.82, 2.24) is 9.97 Å². The largest absolute Gasteiger partial charge is 0.549 e. The number of carboxylic acids is 1. The first-order chi connectivity index (χ1) is 8.54. The Morgan fingerprint density at radius 1 is 1.50 bits per heavy atom. The third-order valence-electron chi connectivity index (χ3n) is 2.82. The minimum atomic E-state index is -1.04. The lowest BCUT2D eigenvalue weighted by molar-refractivity contribution is -0.304. The Morgan fingerprint density at radius 3 is 2.83 bits per heavy atom. The number of fused-ring (bicyclic) bond motifs is 1. The molecule has 4 nitrogen and oxygen atoms in total. The van der Waals surface area contributed by atoms with E-state index < -0.39 is 11.2 Å². The van der Waals surface area contributed by atoms with Crippen LogP contribution in [0.5, 0.6) is 0 Å². The second-order valence-corrected chi connectivity index (χ2v) is 6.37. The predicted octanol–water partition coefficient (Wildman–Crippen LogP) is 1.93. The van der Waals surface area contributed by atoms with Crippen molar-refractivity contribution in [3.8, 4) is 0 Å². The summed E-state index contributed by atoms with van der Waals surface area (Å²) in [6, 6.07) is 0. The topological polar surface area (TPSA) is 65.9 Å². The summed E-state index contributed by atoms with van der Waals surface area (Å²) < 4.78 is 0. The fraction of sp³-hybridized carbons (Fsp3) is 0.417. The van der Waals surface area contributed by atoms with E-state index in [1.165, 1.54) is 23.0 Å². The van der Waals surface area contributed by atoms with E-state index in [1.807, 2.05) is 20.8 Å². The minimum absolute atomic E-state index is 0.515. The molecule has 0 N–H and O–H groups in total. The van der Waals surface area contributed by atoms with E-state index in [-0.39, 0.29) is 0 Å². The summed E-state index contributed by atoms with van der Waals surface area (Å²) in [6.07, 6.45) is 2.00. The number of carbonyl (C=O) groups is 1. The van der Waals surface area contributed by atoms with E-state index in [0.717, 1.165) is 20.8 Å². The van der Waals surface area contributed by atoms with Gasteiger partial charge in [-0.1, -0.05) is 18.7 Å². The van der Waals surface area contributed by atoms with Gasteiger partial charge in [-0.3, -0.25) is 0 Å². The summed E-state index contributed by atoms with van der Waals surface area (Å²) in [5, 5.41) is 12.1.